The van der Waals surface area contributed by atoms with Crippen molar-refractivity contribution in [2.24, 2.45) is 10.7 Å². The number of carbonyl (C=O) groups excluding carboxylic acids is 1. The number of morpholine rings is 1. The number of carbonyl (C=O) groups is 1. The molecule has 23 heavy (non-hydrogen) atoms. The van der Waals surface area contributed by atoms with Crippen molar-refractivity contribution in [2.45, 2.75) is 12.5 Å². The van der Waals surface area contributed by atoms with Crippen molar-refractivity contribution in [2.75, 3.05) is 39.5 Å². The van der Waals surface area contributed by atoms with Crippen LogP contribution in [0.2, 0.25) is 0 Å². The fraction of sp³-hybridized carbons (Fsp3) is 0.500. The van der Waals surface area contributed by atoms with Gasteiger partial charge in [0.05, 0.1) is 25.9 Å². The first-order valence-corrected chi connectivity index (χ1v) is 7.88. The standard InChI is InChI=1S/C16H22N4O3/c17-16(18-11-15(21)20-6-9-22-10-7-20)19-13-5-8-23-14-4-2-1-3-12(13)14/h1-4,13H,5-11H2,(H3,17,18,19). The van der Waals surface area contributed by atoms with Gasteiger partial charge in [-0.05, 0) is 6.07 Å². The van der Waals surface area contributed by atoms with E-state index in [0.717, 1.165) is 17.7 Å². The first kappa shape index (κ1) is 15.6. The number of amides is 1. The average Bonchev–Trinajstić information content (AvgIpc) is 2.61. The Hall–Kier alpha value is -2.28. The van der Waals surface area contributed by atoms with Gasteiger partial charge >= 0.3 is 0 Å². The molecular weight excluding hydrogens is 296 g/mol. The van der Waals surface area contributed by atoms with Crippen molar-refractivity contribution in [3.05, 3.63) is 29.8 Å². The molecule has 0 radical (unpaired) electrons. The molecule has 3 rings (SSSR count). The van der Waals surface area contributed by atoms with E-state index in [0.29, 0.717) is 32.9 Å². The highest BCUT2D eigenvalue weighted by atomic mass is 16.5. The van der Waals surface area contributed by atoms with Crippen LogP contribution in [0.3, 0.4) is 0 Å². The summed E-state index contributed by atoms with van der Waals surface area (Å²) in [6, 6.07) is 7.93. The number of hydrogen-bond acceptors (Lipinski definition) is 4. The predicted octanol–water partition coefficient (Wildman–Crippen LogP) is 0.273. The van der Waals surface area contributed by atoms with Crippen LogP contribution in [0.15, 0.2) is 29.3 Å². The van der Waals surface area contributed by atoms with Gasteiger partial charge in [0.1, 0.15) is 12.3 Å². The third kappa shape index (κ3) is 3.92. The molecule has 0 spiro atoms. The lowest BCUT2D eigenvalue weighted by atomic mass is 10.0. The van der Waals surface area contributed by atoms with E-state index in [-0.39, 0.29) is 24.5 Å². The van der Waals surface area contributed by atoms with E-state index in [1.807, 2.05) is 24.3 Å². The Morgan fingerprint density at radius 1 is 1.30 bits per heavy atom. The SMILES string of the molecule is NC(=NCC(=O)N1CCOCC1)NC1CCOc2ccccc21. The quantitative estimate of drug-likeness (QED) is 0.617. The van der Waals surface area contributed by atoms with Gasteiger partial charge in [0.25, 0.3) is 0 Å². The summed E-state index contributed by atoms with van der Waals surface area (Å²) in [7, 11) is 0. The maximum Gasteiger partial charge on any atom is 0.244 e. The van der Waals surface area contributed by atoms with E-state index in [4.69, 9.17) is 15.2 Å². The molecule has 2 heterocycles. The van der Waals surface area contributed by atoms with Crippen molar-refractivity contribution in [3.63, 3.8) is 0 Å². The summed E-state index contributed by atoms with van der Waals surface area (Å²) in [6.45, 7) is 3.10. The zero-order valence-corrected chi connectivity index (χ0v) is 13.0. The number of aliphatic imine (C=N–C) groups is 1. The molecule has 7 heteroatoms. The highest BCUT2D eigenvalue weighted by molar-refractivity contribution is 5.84. The number of hydrogen-bond donors (Lipinski definition) is 2. The Kier molecular flexibility index (Phi) is 4.97. The molecule has 2 aliphatic rings. The first-order valence-electron chi connectivity index (χ1n) is 7.88. The Labute approximate surface area is 135 Å². The average molecular weight is 318 g/mol. The van der Waals surface area contributed by atoms with Gasteiger partial charge in [0, 0.05) is 25.1 Å². The molecule has 0 aromatic heterocycles. The van der Waals surface area contributed by atoms with Gasteiger partial charge in [-0.2, -0.15) is 0 Å². The summed E-state index contributed by atoms with van der Waals surface area (Å²) in [6.07, 6.45) is 0.810. The van der Waals surface area contributed by atoms with Gasteiger partial charge in [0.15, 0.2) is 5.96 Å². The third-order valence-electron chi connectivity index (χ3n) is 4.03. The molecule has 124 valence electrons. The number of nitrogens with zero attached hydrogens (tertiary/aromatic N) is 2. The summed E-state index contributed by atoms with van der Waals surface area (Å²) in [5.41, 5.74) is 7.01. The fourth-order valence-corrected chi connectivity index (χ4v) is 2.78. The normalized spacial score (nSPS) is 21.3. The second kappa shape index (κ2) is 7.32. The van der Waals surface area contributed by atoms with Gasteiger partial charge < -0.3 is 25.4 Å². The molecule has 1 aromatic carbocycles. The minimum absolute atomic E-state index is 0.0228. The molecule has 1 fully saturated rings. The monoisotopic (exact) mass is 318 g/mol. The fourth-order valence-electron chi connectivity index (χ4n) is 2.78. The maximum absolute atomic E-state index is 12.1. The lowest BCUT2D eigenvalue weighted by molar-refractivity contribution is -0.133. The summed E-state index contributed by atoms with van der Waals surface area (Å²) < 4.78 is 10.9. The lowest BCUT2D eigenvalue weighted by Crippen LogP contribution is -2.43. The largest absolute Gasteiger partial charge is 0.493 e. The minimum Gasteiger partial charge on any atom is -0.493 e. The molecule has 0 bridgehead atoms. The third-order valence-corrected chi connectivity index (χ3v) is 4.03. The van der Waals surface area contributed by atoms with Crippen LogP contribution in [0.25, 0.3) is 0 Å². The zero-order valence-electron chi connectivity index (χ0n) is 13.0. The van der Waals surface area contributed by atoms with Crippen molar-refractivity contribution in [3.8, 4) is 5.75 Å². The Bertz CT molecular complexity index is 584. The van der Waals surface area contributed by atoms with Crippen LogP contribution >= 0.6 is 0 Å². The number of nitrogens with one attached hydrogen (secondary N) is 1. The minimum atomic E-state index is -0.0228. The van der Waals surface area contributed by atoms with Crippen molar-refractivity contribution >= 4 is 11.9 Å². The number of benzene rings is 1. The Morgan fingerprint density at radius 3 is 2.91 bits per heavy atom. The molecular formula is C16H22N4O3. The highest BCUT2D eigenvalue weighted by Crippen LogP contribution is 2.31. The van der Waals surface area contributed by atoms with Crippen molar-refractivity contribution < 1.29 is 14.3 Å². The maximum atomic E-state index is 12.1. The Balaban J connectivity index is 1.56. The molecule has 7 nitrogen and oxygen atoms in total. The van der Waals surface area contributed by atoms with Crippen molar-refractivity contribution in [1.29, 1.82) is 0 Å². The highest BCUT2D eigenvalue weighted by Gasteiger charge is 2.21. The number of fused-ring (bicyclic) bond motifs is 1. The van der Waals surface area contributed by atoms with Gasteiger partial charge in [-0.15, -0.1) is 0 Å². The van der Waals surface area contributed by atoms with Gasteiger partial charge in [-0.1, -0.05) is 18.2 Å². The summed E-state index contributed by atoms with van der Waals surface area (Å²) in [4.78, 5) is 18.0. The van der Waals surface area contributed by atoms with Gasteiger partial charge in [0.2, 0.25) is 5.91 Å². The van der Waals surface area contributed by atoms with Crippen LogP contribution in [0.1, 0.15) is 18.0 Å². The molecule has 1 atom stereocenters. The summed E-state index contributed by atoms with van der Waals surface area (Å²) in [5.74, 6) is 1.13. The van der Waals surface area contributed by atoms with Crippen LogP contribution in [-0.2, 0) is 9.53 Å². The molecule has 0 aliphatic carbocycles. The van der Waals surface area contributed by atoms with E-state index >= 15 is 0 Å². The summed E-state index contributed by atoms with van der Waals surface area (Å²) >= 11 is 0. The number of ether oxygens (including phenoxy) is 2. The molecule has 1 unspecified atom stereocenters. The molecule has 3 N–H and O–H groups in total. The number of nitrogens with two attached hydrogens (primary N) is 1. The number of para-hydroxylation sites is 1. The second-order valence-corrected chi connectivity index (χ2v) is 5.57. The van der Waals surface area contributed by atoms with Crippen LogP contribution in [0, 0.1) is 0 Å². The van der Waals surface area contributed by atoms with E-state index in [2.05, 4.69) is 10.3 Å². The van der Waals surface area contributed by atoms with Crippen molar-refractivity contribution in [1.82, 2.24) is 10.2 Å². The predicted molar refractivity (Wildman–Crippen MR) is 86.3 cm³/mol. The van der Waals surface area contributed by atoms with Crippen LogP contribution in [0.4, 0.5) is 0 Å². The number of guanidine groups is 1. The van der Waals surface area contributed by atoms with Gasteiger partial charge in [-0.25, -0.2) is 4.99 Å². The van der Waals surface area contributed by atoms with E-state index in [1.54, 1.807) is 4.90 Å². The van der Waals surface area contributed by atoms with Crippen LogP contribution in [-0.4, -0.2) is 56.2 Å². The first-order chi connectivity index (χ1) is 11.2. The summed E-state index contributed by atoms with van der Waals surface area (Å²) in [5, 5.41) is 3.19. The molecule has 1 amide bonds. The molecule has 0 saturated carbocycles. The number of rotatable bonds is 3. The molecule has 1 saturated heterocycles. The van der Waals surface area contributed by atoms with Crippen LogP contribution in [0.5, 0.6) is 5.75 Å². The lowest BCUT2D eigenvalue weighted by Gasteiger charge is -2.27. The Morgan fingerprint density at radius 2 is 2.09 bits per heavy atom. The van der Waals surface area contributed by atoms with E-state index in [1.165, 1.54) is 0 Å². The van der Waals surface area contributed by atoms with E-state index in [9.17, 15) is 4.79 Å². The van der Waals surface area contributed by atoms with Gasteiger partial charge in [-0.3, -0.25) is 4.79 Å². The zero-order chi connectivity index (χ0) is 16.1. The second-order valence-electron chi connectivity index (χ2n) is 5.57. The van der Waals surface area contributed by atoms with E-state index < -0.39 is 0 Å². The topological polar surface area (TPSA) is 89.2 Å². The smallest absolute Gasteiger partial charge is 0.244 e. The van der Waals surface area contributed by atoms with Crippen LogP contribution < -0.4 is 15.8 Å². The molecule has 1 aromatic rings. The molecule has 2 aliphatic heterocycles.